The zero-order valence-corrected chi connectivity index (χ0v) is 29.9. The van der Waals surface area contributed by atoms with Crippen molar-refractivity contribution >= 4 is 80.8 Å². The van der Waals surface area contributed by atoms with Gasteiger partial charge in [-0.2, -0.15) is 0 Å². The summed E-state index contributed by atoms with van der Waals surface area (Å²) in [7, 11) is 1.85. The van der Waals surface area contributed by atoms with Crippen molar-refractivity contribution in [2.24, 2.45) is 23.1 Å². The van der Waals surface area contributed by atoms with Crippen LogP contribution in [0.1, 0.15) is 46.0 Å². The molecule has 292 valence electrons. The molecular weight excluding hydrogens is 734 g/mol. The van der Waals surface area contributed by atoms with Crippen LogP contribution in [0.15, 0.2) is 0 Å². The second-order valence-electron chi connectivity index (χ2n) is 11.6. The first kappa shape index (κ1) is 45.3. The molecular formula is C28H45N9O13S2. The van der Waals surface area contributed by atoms with Crippen LogP contribution in [0.3, 0.4) is 0 Å². The number of aliphatic hydroxyl groups excluding tert-OH is 1. The smallest absolute Gasteiger partial charge is 0.327 e. The van der Waals surface area contributed by atoms with E-state index < -0.39 is 140 Å². The van der Waals surface area contributed by atoms with Crippen molar-refractivity contribution in [2.75, 3.05) is 18.1 Å². The Morgan fingerprint density at radius 2 is 1.17 bits per heavy atom. The van der Waals surface area contributed by atoms with Crippen LogP contribution in [-0.4, -0.2) is 135 Å². The predicted molar refractivity (Wildman–Crippen MR) is 183 cm³/mol. The number of carbonyl (C=O) groups is 10. The minimum atomic E-state index is -1.86. The van der Waals surface area contributed by atoms with Gasteiger partial charge in [0.05, 0.1) is 25.5 Å². The lowest BCUT2D eigenvalue weighted by molar-refractivity contribution is -0.142. The molecule has 1 aliphatic heterocycles. The van der Waals surface area contributed by atoms with Crippen molar-refractivity contribution in [2.45, 2.75) is 88.2 Å². The van der Waals surface area contributed by atoms with Crippen LogP contribution in [0.4, 0.5) is 0 Å². The monoisotopic (exact) mass is 779 g/mol. The normalized spacial score (nSPS) is 27.0. The molecule has 1 fully saturated rings. The molecule has 0 aliphatic carbocycles. The van der Waals surface area contributed by atoms with Crippen LogP contribution in [0, 0.1) is 5.92 Å². The van der Waals surface area contributed by atoms with E-state index in [4.69, 9.17) is 17.2 Å². The SMILES string of the molecule is CC[C@H](C)[C@@H]1NC(=O)[C@H](CCC(=O)O)NC(=O)[C@H](CC(N)=O)NC(=O)[C@H](CO)NC(=O)[C@H](CC(N)=O)NC(=O)[C@@H](N)CSSC[C@@H](C(=O)O)NC1=O. The Bertz CT molecular complexity index is 1370. The molecule has 1 aliphatic rings. The summed E-state index contributed by atoms with van der Waals surface area (Å²) in [6.45, 7) is 2.14. The van der Waals surface area contributed by atoms with Crippen molar-refractivity contribution in [1.82, 2.24) is 31.9 Å². The standard InChI is InChI=1S/C28H45N9O13S2/c1-3-11(2)21-27(48)36-17(28(49)50)10-52-51-9-12(29)22(43)33-14(6-18(30)39)25(46)35-16(8-38)26(47)34-15(7-19(31)40)24(45)32-13(23(44)37-21)4-5-20(41)42/h11-17,21,38H,3-10,29H2,1-2H3,(H2,30,39)(H2,31,40)(H,32,45)(H,33,43)(H,34,47)(H,35,46)(H,36,48)(H,37,44)(H,41,42)(H,49,50)/t11-,12-,13-,14-,15-,16-,17-,21-/m0/s1. The summed E-state index contributed by atoms with van der Waals surface area (Å²) in [5.41, 5.74) is 16.4. The van der Waals surface area contributed by atoms with E-state index in [-0.39, 0.29) is 11.5 Å². The molecule has 8 atom stereocenters. The number of hydrogen-bond donors (Lipinski definition) is 12. The molecule has 0 unspecified atom stereocenters. The predicted octanol–water partition coefficient (Wildman–Crippen LogP) is -5.64. The van der Waals surface area contributed by atoms with Crippen molar-refractivity contribution in [3.05, 3.63) is 0 Å². The van der Waals surface area contributed by atoms with Gasteiger partial charge >= 0.3 is 11.9 Å². The number of nitrogens with two attached hydrogens (primary N) is 3. The molecule has 0 aromatic rings. The third kappa shape index (κ3) is 15.7. The van der Waals surface area contributed by atoms with Gasteiger partial charge < -0.3 is 64.4 Å². The zero-order chi connectivity index (χ0) is 39.7. The summed E-state index contributed by atoms with van der Waals surface area (Å²) in [5.74, 6) is -12.7. The molecule has 0 aromatic carbocycles. The van der Waals surface area contributed by atoms with Gasteiger partial charge in [0.15, 0.2) is 0 Å². The van der Waals surface area contributed by atoms with Gasteiger partial charge in [0.2, 0.25) is 47.3 Å². The Labute approximate surface area is 305 Å². The van der Waals surface area contributed by atoms with Gasteiger partial charge in [0.25, 0.3) is 0 Å². The highest BCUT2D eigenvalue weighted by molar-refractivity contribution is 8.76. The molecule has 15 N–H and O–H groups in total. The summed E-state index contributed by atoms with van der Waals surface area (Å²) < 4.78 is 0. The minimum Gasteiger partial charge on any atom is -0.481 e. The molecule has 1 heterocycles. The first-order valence-electron chi connectivity index (χ1n) is 15.7. The van der Waals surface area contributed by atoms with Gasteiger partial charge in [-0.1, -0.05) is 41.9 Å². The minimum absolute atomic E-state index is 0.158. The van der Waals surface area contributed by atoms with Gasteiger partial charge in [-0.05, 0) is 12.3 Å². The zero-order valence-electron chi connectivity index (χ0n) is 28.2. The van der Waals surface area contributed by atoms with E-state index >= 15 is 0 Å². The first-order valence-corrected chi connectivity index (χ1v) is 18.2. The molecule has 0 spiro atoms. The summed E-state index contributed by atoms with van der Waals surface area (Å²) in [6.07, 6.45) is -2.60. The Balaban J connectivity index is 3.64. The van der Waals surface area contributed by atoms with Gasteiger partial charge in [0.1, 0.15) is 36.3 Å². The molecule has 52 heavy (non-hydrogen) atoms. The maximum Gasteiger partial charge on any atom is 0.327 e. The number of hydrogen-bond acceptors (Lipinski definition) is 14. The molecule has 24 heteroatoms. The summed E-state index contributed by atoms with van der Waals surface area (Å²) in [5, 5.41) is 42.2. The van der Waals surface area contributed by atoms with Crippen LogP contribution < -0.4 is 49.1 Å². The molecule has 0 aromatic heterocycles. The van der Waals surface area contributed by atoms with Gasteiger partial charge in [-0.3, -0.25) is 43.2 Å². The van der Waals surface area contributed by atoms with E-state index in [1.807, 2.05) is 0 Å². The fraction of sp³-hybridized carbons (Fsp3) is 0.643. The molecule has 22 nitrogen and oxygen atoms in total. The lowest BCUT2D eigenvalue weighted by Gasteiger charge is -2.28. The van der Waals surface area contributed by atoms with E-state index in [1.54, 1.807) is 13.8 Å². The highest BCUT2D eigenvalue weighted by Crippen LogP contribution is 2.23. The molecule has 0 bridgehead atoms. The number of carboxylic acids is 2. The van der Waals surface area contributed by atoms with E-state index in [9.17, 15) is 63.3 Å². The first-order chi connectivity index (χ1) is 24.3. The van der Waals surface area contributed by atoms with Crippen molar-refractivity contribution in [3.8, 4) is 0 Å². The fourth-order valence-electron chi connectivity index (χ4n) is 4.35. The second-order valence-corrected chi connectivity index (χ2v) is 14.2. The summed E-state index contributed by atoms with van der Waals surface area (Å²) in [4.78, 5) is 126. The Morgan fingerprint density at radius 3 is 1.65 bits per heavy atom. The van der Waals surface area contributed by atoms with Crippen LogP contribution >= 0.6 is 21.6 Å². The highest BCUT2D eigenvalue weighted by atomic mass is 33.1. The Morgan fingerprint density at radius 1 is 0.712 bits per heavy atom. The number of nitrogens with one attached hydrogen (secondary N) is 6. The maximum atomic E-state index is 13.5. The average Bonchev–Trinajstić information content (AvgIpc) is 3.06. The molecule has 1 saturated heterocycles. The second kappa shape index (κ2) is 22.3. The van der Waals surface area contributed by atoms with E-state index in [0.717, 1.165) is 21.6 Å². The number of rotatable bonds is 11. The van der Waals surface area contributed by atoms with Gasteiger partial charge in [0, 0.05) is 17.9 Å². The van der Waals surface area contributed by atoms with Crippen LogP contribution in [0.25, 0.3) is 0 Å². The highest BCUT2D eigenvalue weighted by Gasteiger charge is 2.36. The Hall–Kier alpha value is -4.68. The molecule has 1 rings (SSSR count). The van der Waals surface area contributed by atoms with Crippen LogP contribution in [0.2, 0.25) is 0 Å². The molecule has 8 amide bonds. The molecule has 0 saturated carbocycles. The number of aliphatic hydroxyl groups is 1. The topological polar surface area (TPSA) is 382 Å². The maximum absolute atomic E-state index is 13.5. The van der Waals surface area contributed by atoms with Crippen LogP contribution in [-0.2, 0) is 47.9 Å². The quantitative estimate of drug-likeness (QED) is 0.0870. The lowest BCUT2D eigenvalue weighted by Crippen LogP contribution is -2.61. The van der Waals surface area contributed by atoms with Gasteiger partial charge in [-0.25, -0.2) is 4.79 Å². The van der Waals surface area contributed by atoms with E-state index in [2.05, 4.69) is 31.9 Å². The number of carbonyl (C=O) groups excluding carboxylic acids is 8. The molecule has 0 radical (unpaired) electrons. The van der Waals surface area contributed by atoms with Crippen molar-refractivity contribution < 1.29 is 63.3 Å². The van der Waals surface area contributed by atoms with Crippen LogP contribution in [0.5, 0.6) is 0 Å². The van der Waals surface area contributed by atoms with E-state index in [1.165, 1.54) is 0 Å². The van der Waals surface area contributed by atoms with Crippen molar-refractivity contribution in [1.29, 1.82) is 0 Å². The fourth-order valence-corrected chi connectivity index (χ4v) is 6.63. The third-order valence-corrected chi connectivity index (χ3v) is 9.93. The summed E-state index contributed by atoms with van der Waals surface area (Å²) >= 11 is 0. The average molecular weight is 780 g/mol. The number of amides is 8. The van der Waals surface area contributed by atoms with E-state index in [0.29, 0.717) is 6.42 Å². The Kier molecular flexibility index (Phi) is 19.4. The third-order valence-electron chi connectivity index (χ3n) is 7.48. The lowest BCUT2D eigenvalue weighted by atomic mass is 9.97. The number of carboxylic acid groups (broad SMARTS) is 2. The van der Waals surface area contributed by atoms with Crippen molar-refractivity contribution in [3.63, 3.8) is 0 Å². The number of primary amides is 2. The largest absolute Gasteiger partial charge is 0.481 e. The number of aliphatic carboxylic acids is 2. The summed E-state index contributed by atoms with van der Waals surface area (Å²) in [6, 6.07) is -11.3. The van der Waals surface area contributed by atoms with Gasteiger partial charge in [-0.15, -0.1) is 0 Å².